The lowest BCUT2D eigenvalue weighted by molar-refractivity contribution is -0.145. The summed E-state index contributed by atoms with van der Waals surface area (Å²) in [6.45, 7) is 3.90. The van der Waals surface area contributed by atoms with Crippen molar-refractivity contribution in [2.75, 3.05) is 32.7 Å². The number of hydrogen-bond donors (Lipinski definition) is 1. The van der Waals surface area contributed by atoms with Crippen LogP contribution in [0.5, 0.6) is 0 Å². The Kier molecular flexibility index (Phi) is 4.99. The average Bonchev–Trinajstić information content (AvgIpc) is 3.47. The van der Waals surface area contributed by atoms with Gasteiger partial charge < -0.3 is 9.80 Å². The summed E-state index contributed by atoms with van der Waals surface area (Å²) in [6.07, 6.45) is 11.9. The minimum Gasteiger partial charge on any atom is -0.315 e. The fourth-order valence-corrected chi connectivity index (χ4v) is 7.46. The third-order valence-corrected chi connectivity index (χ3v) is 8.97. The second kappa shape index (κ2) is 7.46. The van der Waals surface area contributed by atoms with Gasteiger partial charge in [0.05, 0.1) is 6.54 Å². The van der Waals surface area contributed by atoms with E-state index in [4.69, 9.17) is 0 Å². The van der Waals surface area contributed by atoms with E-state index in [1.54, 1.807) is 4.90 Å². The van der Waals surface area contributed by atoms with E-state index in [2.05, 4.69) is 21.3 Å². The molecule has 27 heavy (non-hydrogen) atoms. The molecule has 0 bridgehead atoms. The summed E-state index contributed by atoms with van der Waals surface area (Å²) in [4.78, 5) is 19.4. The van der Waals surface area contributed by atoms with E-state index in [-0.39, 0.29) is 17.4 Å². The SMILES string of the molecule is N#CN1CCN2CCN(C3NC(C4CC4)C(C4CCCCC4)S3)C(=O)[C@H]2C1. The molecular formula is C20H31N5OS. The summed E-state index contributed by atoms with van der Waals surface area (Å²) < 4.78 is 0. The van der Waals surface area contributed by atoms with Crippen LogP contribution in [0, 0.1) is 23.3 Å². The number of fused-ring (bicyclic) bond motifs is 1. The third-order valence-electron chi connectivity index (χ3n) is 7.33. The number of nitrogens with one attached hydrogen (secondary N) is 1. The van der Waals surface area contributed by atoms with Crippen LogP contribution in [0.15, 0.2) is 0 Å². The van der Waals surface area contributed by atoms with Crippen LogP contribution in [0.25, 0.3) is 0 Å². The van der Waals surface area contributed by atoms with Crippen LogP contribution in [-0.4, -0.2) is 76.2 Å². The molecule has 2 aliphatic carbocycles. The number of nitriles is 1. The number of rotatable bonds is 3. The molecule has 1 amide bonds. The molecule has 3 unspecified atom stereocenters. The highest BCUT2D eigenvalue weighted by molar-refractivity contribution is 8.00. The zero-order valence-corrected chi connectivity index (χ0v) is 16.9. The summed E-state index contributed by atoms with van der Waals surface area (Å²) in [6, 6.07) is 0.457. The van der Waals surface area contributed by atoms with E-state index in [9.17, 15) is 10.1 Å². The molecule has 5 fully saturated rings. The normalized spacial score (nSPS) is 38.7. The van der Waals surface area contributed by atoms with E-state index in [1.165, 1.54) is 44.9 Å². The molecule has 0 spiro atoms. The second-order valence-electron chi connectivity index (χ2n) is 9.01. The maximum absolute atomic E-state index is 13.3. The fourth-order valence-electron chi connectivity index (χ4n) is 5.61. The fraction of sp³-hybridized carbons (Fsp3) is 0.900. The van der Waals surface area contributed by atoms with E-state index >= 15 is 0 Å². The number of thioether (sulfide) groups is 1. The van der Waals surface area contributed by atoms with Crippen LogP contribution >= 0.6 is 11.8 Å². The predicted octanol–water partition coefficient (Wildman–Crippen LogP) is 1.64. The number of hydrogen-bond acceptors (Lipinski definition) is 6. The topological polar surface area (TPSA) is 62.6 Å². The Morgan fingerprint density at radius 2 is 1.78 bits per heavy atom. The smallest absolute Gasteiger partial charge is 0.243 e. The van der Waals surface area contributed by atoms with Crippen LogP contribution in [0.2, 0.25) is 0 Å². The van der Waals surface area contributed by atoms with Gasteiger partial charge in [0.1, 0.15) is 11.5 Å². The molecule has 3 aliphatic heterocycles. The van der Waals surface area contributed by atoms with Crippen molar-refractivity contribution >= 4 is 17.7 Å². The molecule has 0 aromatic carbocycles. The first kappa shape index (κ1) is 18.1. The first-order valence-corrected chi connectivity index (χ1v) is 11.8. The zero-order chi connectivity index (χ0) is 18.4. The van der Waals surface area contributed by atoms with E-state index in [1.807, 2.05) is 11.8 Å². The molecule has 4 atom stereocenters. The lowest BCUT2D eigenvalue weighted by Crippen LogP contribution is -2.66. The summed E-state index contributed by atoms with van der Waals surface area (Å²) in [5, 5.41) is 13.8. The number of piperazine rings is 2. The molecule has 1 N–H and O–H groups in total. The number of amides is 1. The Morgan fingerprint density at radius 3 is 2.52 bits per heavy atom. The van der Waals surface area contributed by atoms with Crippen molar-refractivity contribution in [1.82, 2.24) is 20.0 Å². The highest BCUT2D eigenvalue weighted by atomic mass is 32.2. The van der Waals surface area contributed by atoms with E-state index < -0.39 is 0 Å². The van der Waals surface area contributed by atoms with Crippen molar-refractivity contribution in [3.63, 3.8) is 0 Å². The molecule has 5 aliphatic rings. The summed E-state index contributed by atoms with van der Waals surface area (Å²) in [5.41, 5.74) is 0.134. The first-order chi connectivity index (χ1) is 13.2. The van der Waals surface area contributed by atoms with Gasteiger partial charge in [-0.3, -0.25) is 15.0 Å². The largest absolute Gasteiger partial charge is 0.315 e. The Balaban J connectivity index is 1.29. The Hall–Kier alpha value is -0.970. The molecule has 2 saturated carbocycles. The summed E-state index contributed by atoms with van der Waals surface area (Å²) in [5.74, 6) is 1.88. The van der Waals surface area contributed by atoms with E-state index in [0.717, 1.165) is 38.0 Å². The summed E-state index contributed by atoms with van der Waals surface area (Å²) in [7, 11) is 0. The van der Waals surface area contributed by atoms with Crippen LogP contribution in [0.3, 0.4) is 0 Å². The molecule has 5 rings (SSSR count). The van der Waals surface area contributed by atoms with E-state index in [0.29, 0.717) is 17.8 Å². The van der Waals surface area contributed by atoms with Crippen LogP contribution < -0.4 is 5.32 Å². The van der Waals surface area contributed by atoms with Gasteiger partial charge in [0.2, 0.25) is 5.91 Å². The minimum atomic E-state index is -0.136. The lowest BCUT2D eigenvalue weighted by Gasteiger charge is -2.46. The Bertz CT molecular complexity index is 614. The summed E-state index contributed by atoms with van der Waals surface area (Å²) >= 11 is 2.05. The Labute approximate surface area is 166 Å². The van der Waals surface area contributed by atoms with Gasteiger partial charge in [0.15, 0.2) is 6.19 Å². The van der Waals surface area contributed by atoms with Gasteiger partial charge in [-0.05, 0) is 37.5 Å². The molecule has 3 heterocycles. The van der Waals surface area contributed by atoms with Gasteiger partial charge in [0.25, 0.3) is 0 Å². The molecule has 0 radical (unpaired) electrons. The zero-order valence-electron chi connectivity index (χ0n) is 16.1. The van der Waals surface area contributed by atoms with Crippen LogP contribution in [0.1, 0.15) is 44.9 Å². The quantitative estimate of drug-likeness (QED) is 0.741. The second-order valence-corrected chi connectivity index (χ2v) is 10.3. The molecule has 0 aromatic heterocycles. The van der Waals surface area contributed by atoms with Crippen molar-refractivity contribution in [1.29, 1.82) is 5.26 Å². The highest BCUT2D eigenvalue weighted by Gasteiger charge is 2.50. The average molecular weight is 390 g/mol. The number of carbonyl (C=O) groups excluding carboxylic acids is 1. The predicted molar refractivity (Wildman–Crippen MR) is 106 cm³/mol. The van der Waals surface area contributed by atoms with Crippen molar-refractivity contribution < 1.29 is 4.79 Å². The molecule has 148 valence electrons. The van der Waals surface area contributed by atoms with Gasteiger partial charge in [-0.2, -0.15) is 5.26 Å². The van der Waals surface area contributed by atoms with Crippen LogP contribution in [0.4, 0.5) is 0 Å². The standard InChI is InChI=1S/C20H31N5OS/c21-13-23-8-9-24-10-11-25(19(26)16(24)12-23)20-22-17(14-6-7-14)18(27-20)15-4-2-1-3-5-15/h14-18,20,22H,1-12H2/t16-,17?,18?,20?/m1/s1. The van der Waals surface area contributed by atoms with Crippen molar-refractivity contribution in [2.45, 2.75) is 67.8 Å². The highest BCUT2D eigenvalue weighted by Crippen LogP contribution is 2.48. The maximum atomic E-state index is 13.3. The van der Waals surface area contributed by atoms with Crippen LogP contribution in [-0.2, 0) is 4.79 Å². The van der Waals surface area contributed by atoms with Crippen molar-refractivity contribution in [2.24, 2.45) is 11.8 Å². The first-order valence-electron chi connectivity index (χ1n) is 10.9. The van der Waals surface area contributed by atoms with Gasteiger partial charge in [-0.15, -0.1) is 11.8 Å². The van der Waals surface area contributed by atoms with Crippen molar-refractivity contribution in [3.8, 4) is 6.19 Å². The third kappa shape index (κ3) is 3.45. The maximum Gasteiger partial charge on any atom is 0.243 e. The van der Waals surface area contributed by atoms with Gasteiger partial charge in [-0.1, -0.05) is 19.3 Å². The monoisotopic (exact) mass is 389 g/mol. The number of nitrogens with zero attached hydrogens (tertiary/aromatic N) is 4. The van der Waals surface area contributed by atoms with Gasteiger partial charge in [-0.25, -0.2) is 0 Å². The minimum absolute atomic E-state index is 0.134. The van der Waals surface area contributed by atoms with Gasteiger partial charge >= 0.3 is 0 Å². The molecular weight excluding hydrogens is 358 g/mol. The molecule has 0 aromatic rings. The molecule has 3 saturated heterocycles. The molecule has 6 nitrogen and oxygen atoms in total. The molecule has 7 heteroatoms. The Morgan fingerprint density at radius 1 is 1.00 bits per heavy atom. The van der Waals surface area contributed by atoms with Gasteiger partial charge in [0, 0.05) is 37.5 Å². The number of carbonyl (C=O) groups is 1. The lowest BCUT2D eigenvalue weighted by atomic mass is 9.83. The van der Waals surface area contributed by atoms with Crippen molar-refractivity contribution in [3.05, 3.63) is 0 Å².